The van der Waals surface area contributed by atoms with E-state index < -0.39 is 5.82 Å². The molecular formula is C13H14Br2FNO. The predicted octanol–water partition coefficient (Wildman–Crippen LogP) is 4.03. The molecule has 1 saturated carbocycles. The molecule has 0 aliphatic heterocycles. The molecule has 1 N–H and O–H groups in total. The maximum Gasteiger partial charge on any atom is 0.252 e. The van der Waals surface area contributed by atoms with Crippen molar-refractivity contribution in [2.75, 3.05) is 5.33 Å². The Balaban J connectivity index is 2.18. The maximum atomic E-state index is 13.2. The second-order valence-corrected chi connectivity index (χ2v) is 6.11. The van der Waals surface area contributed by atoms with Gasteiger partial charge in [0.15, 0.2) is 0 Å². The number of hydrogen-bond acceptors (Lipinski definition) is 1. The van der Waals surface area contributed by atoms with E-state index in [1.807, 2.05) is 0 Å². The van der Waals surface area contributed by atoms with Gasteiger partial charge in [0.1, 0.15) is 5.82 Å². The van der Waals surface area contributed by atoms with Gasteiger partial charge in [0.05, 0.1) is 11.1 Å². The summed E-state index contributed by atoms with van der Waals surface area (Å²) in [4.78, 5) is 12.2. The van der Waals surface area contributed by atoms with E-state index in [2.05, 4.69) is 37.2 Å². The number of hydrogen-bond donors (Lipinski definition) is 1. The van der Waals surface area contributed by atoms with Gasteiger partial charge in [-0.15, -0.1) is 0 Å². The highest BCUT2D eigenvalue weighted by Gasteiger charge is 2.34. The number of carbonyl (C=O) groups is 1. The minimum absolute atomic E-state index is 0.178. The summed E-state index contributed by atoms with van der Waals surface area (Å²) in [6, 6.07) is 4.15. The Hall–Kier alpha value is -0.420. The molecule has 0 bridgehead atoms. The number of nitrogens with one attached hydrogen (secondary N) is 1. The molecule has 0 radical (unpaired) electrons. The van der Waals surface area contributed by atoms with Crippen LogP contribution in [-0.2, 0) is 0 Å². The van der Waals surface area contributed by atoms with Crippen LogP contribution in [0.5, 0.6) is 0 Å². The molecule has 0 atom stereocenters. The number of carbonyl (C=O) groups excluding carboxylic acids is 1. The molecule has 0 saturated heterocycles. The van der Waals surface area contributed by atoms with E-state index >= 15 is 0 Å². The highest BCUT2D eigenvalue weighted by molar-refractivity contribution is 9.10. The van der Waals surface area contributed by atoms with Crippen molar-refractivity contribution in [3.05, 3.63) is 34.1 Å². The third-order valence-corrected chi connectivity index (χ3v) is 5.13. The Labute approximate surface area is 123 Å². The first kappa shape index (κ1) is 14.0. The minimum atomic E-state index is -0.400. The number of rotatable bonds is 3. The van der Waals surface area contributed by atoms with Gasteiger partial charge in [0, 0.05) is 9.80 Å². The van der Waals surface area contributed by atoms with Crippen LogP contribution in [0.3, 0.4) is 0 Å². The Bertz CT molecular complexity index is 458. The average Bonchev–Trinajstić information content (AvgIpc) is 2.81. The van der Waals surface area contributed by atoms with Crippen molar-refractivity contribution in [3.8, 4) is 0 Å². The Morgan fingerprint density at radius 2 is 2.06 bits per heavy atom. The molecule has 2 rings (SSSR count). The van der Waals surface area contributed by atoms with Crippen molar-refractivity contribution >= 4 is 37.8 Å². The van der Waals surface area contributed by atoms with E-state index in [9.17, 15) is 9.18 Å². The van der Waals surface area contributed by atoms with Crippen LogP contribution in [0.15, 0.2) is 22.7 Å². The van der Waals surface area contributed by atoms with Crippen LogP contribution in [0.25, 0.3) is 0 Å². The fourth-order valence-corrected chi connectivity index (χ4v) is 3.45. The molecule has 18 heavy (non-hydrogen) atoms. The number of alkyl halides is 1. The molecule has 0 aromatic heterocycles. The molecule has 98 valence electrons. The van der Waals surface area contributed by atoms with E-state index in [1.165, 1.54) is 12.1 Å². The summed E-state index contributed by atoms with van der Waals surface area (Å²) in [5, 5.41) is 3.78. The molecule has 1 aliphatic rings. The number of halogens is 3. The van der Waals surface area contributed by atoms with Crippen LogP contribution in [0.1, 0.15) is 36.0 Å². The van der Waals surface area contributed by atoms with E-state index in [-0.39, 0.29) is 11.4 Å². The van der Waals surface area contributed by atoms with Crippen LogP contribution in [-0.4, -0.2) is 16.8 Å². The lowest BCUT2D eigenvalue weighted by molar-refractivity contribution is 0.0909. The standard InChI is InChI=1S/C13H14Br2FNO/c14-8-13(5-1-2-6-13)17-12(18)10-7-9(16)3-4-11(10)15/h3-4,7H,1-2,5-6,8H2,(H,17,18). The van der Waals surface area contributed by atoms with E-state index in [4.69, 9.17) is 0 Å². The van der Waals surface area contributed by atoms with Crippen LogP contribution in [0, 0.1) is 5.82 Å². The lowest BCUT2D eigenvalue weighted by Crippen LogP contribution is -2.47. The van der Waals surface area contributed by atoms with Gasteiger partial charge < -0.3 is 5.32 Å². The molecular weight excluding hydrogens is 365 g/mol. The van der Waals surface area contributed by atoms with Crippen LogP contribution in [0.2, 0.25) is 0 Å². The van der Waals surface area contributed by atoms with Gasteiger partial charge in [-0.2, -0.15) is 0 Å². The molecule has 0 spiro atoms. The van der Waals surface area contributed by atoms with E-state index in [0.29, 0.717) is 10.0 Å². The van der Waals surface area contributed by atoms with Crippen molar-refractivity contribution in [2.24, 2.45) is 0 Å². The van der Waals surface area contributed by atoms with Crippen LogP contribution in [0.4, 0.5) is 4.39 Å². The molecule has 5 heteroatoms. The molecule has 1 fully saturated rings. The maximum absolute atomic E-state index is 13.2. The Morgan fingerprint density at radius 3 is 2.67 bits per heavy atom. The third-order valence-electron chi connectivity index (χ3n) is 3.37. The zero-order valence-electron chi connectivity index (χ0n) is 9.81. The highest BCUT2D eigenvalue weighted by atomic mass is 79.9. The topological polar surface area (TPSA) is 29.1 Å². The Morgan fingerprint density at radius 1 is 1.39 bits per heavy atom. The molecule has 0 unspecified atom stereocenters. The van der Waals surface area contributed by atoms with Gasteiger partial charge in [-0.1, -0.05) is 28.8 Å². The summed E-state index contributed by atoms with van der Waals surface area (Å²) in [5.74, 6) is -0.620. The van der Waals surface area contributed by atoms with Crippen molar-refractivity contribution in [2.45, 2.75) is 31.2 Å². The summed E-state index contributed by atoms with van der Waals surface area (Å²) in [7, 11) is 0. The summed E-state index contributed by atoms with van der Waals surface area (Å²) < 4.78 is 13.8. The van der Waals surface area contributed by atoms with Gasteiger partial charge in [-0.3, -0.25) is 4.79 Å². The number of benzene rings is 1. The highest BCUT2D eigenvalue weighted by Crippen LogP contribution is 2.32. The quantitative estimate of drug-likeness (QED) is 0.790. The molecule has 1 aromatic carbocycles. The average molecular weight is 379 g/mol. The number of amides is 1. The van der Waals surface area contributed by atoms with Crippen molar-refractivity contribution in [3.63, 3.8) is 0 Å². The molecule has 0 heterocycles. The smallest absolute Gasteiger partial charge is 0.252 e. The second kappa shape index (κ2) is 5.70. The van der Waals surface area contributed by atoms with E-state index in [1.54, 1.807) is 6.07 Å². The molecule has 1 aromatic rings. The molecule has 1 aliphatic carbocycles. The summed E-state index contributed by atoms with van der Waals surface area (Å²) in [5.41, 5.74) is 0.172. The van der Waals surface area contributed by atoms with Crippen LogP contribution >= 0.6 is 31.9 Å². The van der Waals surface area contributed by atoms with Gasteiger partial charge in [0.2, 0.25) is 0 Å². The molecule has 1 amide bonds. The monoisotopic (exact) mass is 377 g/mol. The lowest BCUT2D eigenvalue weighted by Gasteiger charge is -2.28. The SMILES string of the molecule is O=C(NC1(CBr)CCCC1)c1cc(F)ccc1Br. The first-order chi connectivity index (χ1) is 8.56. The predicted molar refractivity (Wildman–Crippen MR) is 76.6 cm³/mol. The summed E-state index contributed by atoms with van der Waals surface area (Å²) in [6.07, 6.45) is 4.18. The second-order valence-electron chi connectivity index (χ2n) is 4.70. The van der Waals surface area contributed by atoms with Crippen molar-refractivity contribution in [1.29, 1.82) is 0 Å². The molecule has 2 nitrogen and oxygen atoms in total. The fraction of sp³-hybridized carbons (Fsp3) is 0.462. The van der Waals surface area contributed by atoms with Gasteiger partial charge in [0.25, 0.3) is 5.91 Å². The van der Waals surface area contributed by atoms with Crippen LogP contribution < -0.4 is 5.32 Å². The van der Waals surface area contributed by atoms with Crippen molar-refractivity contribution in [1.82, 2.24) is 5.32 Å². The van der Waals surface area contributed by atoms with E-state index in [0.717, 1.165) is 31.0 Å². The summed E-state index contributed by atoms with van der Waals surface area (Å²) in [6.45, 7) is 0. The van der Waals surface area contributed by atoms with Crippen molar-refractivity contribution < 1.29 is 9.18 Å². The third kappa shape index (κ3) is 2.94. The largest absolute Gasteiger partial charge is 0.346 e. The zero-order chi connectivity index (χ0) is 13.2. The lowest BCUT2D eigenvalue weighted by atomic mass is 10.00. The van der Waals surface area contributed by atoms with Gasteiger partial charge in [-0.05, 0) is 47.0 Å². The minimum Gasteiger partial charge on any atom is -0.346 e. The first-order valence-corrected chi connectivity index (χ1v) is 7.81. The normalized spacial score (nSPS) is 17.7. The Kier molecular flexibility index (Phi) is 4.43. The van der Waals surface area contributed by atoms with Gasteiger partial charge in [-0.25, -0.2) is 4.39 Å². The zero-order valence-corrected chi connectivity index (χ0v) is 13.0. The van der Waals surface area contributed by atoms with Gasteiger partial charge >= 0.3 is 0 Å². The fourth-order valence-electron chi connectivity index (χ4n) is 2.32. The first-order valence-electron chi connectivity index (χ1n) is 5.90. The summed E-state index contributed by atoms with van der Waals surface area (Å²) >= 11 is 6.75.